The van der Waals surface area contributed by atoms with Gasteiger partial charge in [0.1, 0.15) is 5.76 Å². The Bertz CT molecular complexity index is 606. The van der Waals surface area contributed by atoms with Gasteiger partial charge in [-0.15, -0.1) is 0 Å². The summed E-state index contributed by atoms with van der Waals surface area (Å²) in [6.45, 7) is 4.87. The van der Waals surface area contributed by atoms with Gasteiger partial charge in [0.15, 0.2) is 0 Å². The van der Waals surface area contributed by atoms with Crippen LogP contribution in [0.4, 0.5) is 0 Å². The molecule has 24 heavy (non-hydrogen) atoms. The summed E-state index contributed by atoms with van der Waals surface area (Å²) in [6.07, 6.45) is 2.16. The number of carbonyl (C=O) groups is 1. The van der Waals surface area contributed by atoms with Gasteiger partial charge < -0.3 is 9.73 Å². The van der Waals surface area contributed by atoms with Crippen LogP contribution in [0.5, 0.6) is 0 Å². The normalized spacial score (nSPS) is 13.9. The number of nitrogens with one attached hydrogen (secondary N) is 1. The molecule has 0 radical (unpaired) electrons. The SMILES string of the molecule is CC(C)C(CC(=O)NCC(c1ccco1)N(C)C)c1ccccc1. The van der Waals surface area contributed by atoms with E-state index in [2.05, 4.69) is 36.2 Å². The number of rotatable bonds is 8. The summed E-state index contributed by atoms with van der Waals surface area (Å²) >= 11 is 0. The molecule has 0 spiro atoms. The van der Waals surface area contributed by atoms with Crippen molar-refractivity contribution >= 4 is 5.91 Å². The maximum atomic E-state index is 12.5. The van der Waals surface area contributed by atoms with Crippen molar-refractivity contribution in [1.82, 2.24) is 10.2 Å². The van der Waals surface area contributed by atoms with Gasteiger partial charge in [0, 0.05) is 13.0 Å². The predicted octanol–water partition coefficient (Wildman–Crippen LogP) is 3.83. The van der Waals surface area contributed by atoms with Crippen LogP contribution in [-0.4, -0.2) is 31.4 Å². The molecule has 1 aromatic heterocycles. The highest BCUT2D eigenvalue weighted by Gasteiger charge is 2.22. The van der Waals surface area contributed by atoms with Crippen molar-refractivity contribution in [2.45, 2.75) is 32.2 Å². The highest BCUT2D eigenvalue weighted by Crippen LogP contribution is 2.27. The topological polar surface area (TPSA) is 45.5 Å². The number of furan rings is 1. The molecule has 0 bridgehead atoms. The molecule has 0 aliphatic heterocycles. The second-order valence-corrected chi connectivity index (χ2v) is 6.76. The largest absolute Gasteiger partial charge is 0.468 e. The standard InChI is InChI=1S/C20H28N2O2/c1-15(2)17(16-9-6-5-7-10-16)13-20(23)21-14-18(22(3)4)19-11-8-12-24-19/h5-12,15,17-18H,13-14H2,1-4H3,(H,21,23). The summed E-state index contributed by atoms with van der Waals surface area (Å²) in [5, 5.41) is 3.07. The fourth-order valence-electron chi connectivity index (χ4n) is 2.94. The highest BCUT2D eigenvalue weighted by molar-refractivity contribution is 5.77. The summed E-state index contributed by atoms with van der Waals surface area (Å²) < 4.78 is 5.48. The van der Waals surface area contributed by atoms with Gasteiger partial charge in [-0.1, -0.05) is 44.2 Å². The smallest absolute Gasteiger partial charge is 0.220 e. The summed E-state index contributed by atoms with van der Waals surface area (Å²) in [6, 6.07) is 14.1. The van der Waals surface area contributed by atoms with Gasteiger partial charge in [-0.25, -0.2) is 0 Å². The van der Waals surface area contributed by atoms with E-state index >= 15 is 0 Å². The molecule has 1 aromatic carbocycles. The van der Waals surface area contributed by atoms with E-state index in [-0.39, 0.29) is 17.9 Å². The van der Waals surface area contributed by atoms with E-state index in [4.69, 9.17) is 4.42 Å². The maximum absolute atomic E-state index is 12.5. The molecule has 0 saturated heterocycles. The molecular weight excluding hydrogens is 300 g/mol. The summed E-state index contributed by atoms with van der Waals surface area (Å²) in [4.78, 5) is 14.5. The molecular formula is C20H28N2O2. The molecule has 2 unspecified atom stereocenters. The van der Waals surface area contributed by atoms with Crippen molar-refractivity contribution in [3.05, 3.63) is 60.1 Å². The summed E-state index contributed by atoms with van der Waals surface area (Å²) in [7, 11) is 3.97. The highest BCUT2D eigenvalue weighted by atomic mass is 16.3. The summed E-state index contributed by atoms with van der Waals surface area (Å²) in [5.41, 5.74) is 1.22. The first-order chi connectivity index (χ1) is 11.5. The Hall–Kier alpha value is -2.07. The third-order valence-corrected chi connectivity index (χ3v) is 4.43. The van der Waals surface area contributed by atoms with Crippen LogP contribution in [0.15, 0.2) is 53.1 Å². The van der Waals surface area contributed by atoms with E-state index in [0.29, 0.717) is 18.9 Å². The van der Waals surface area contributed by atoms with Crippen LogP contribution in [0, 0.1) is 5.92 Å². The molecule has 1 N–H and O–H groups in total. The Morgan fingerprint density at radius 3 is 2.38 bits per heavy atom. The van der Waals surface area contributed by atoms with Crippen LogP contribution in [0.3, 0.4) is 0 Å². The van der Waals surface area contributed by atoms with E-state index in [9.17, 15) is 4.79 Å². The average molecular weight is 328 g/mol. The van der Waals surface area contributed by atoms with Gasteiger partial charge in [0.2, 0.25) is 5.91 Å². The second-order valence-electron chi connectivity index (χ2n) is 6.76. The zero-order valence-electron chi connectivity index (χ0n) is 15.0. The molecule has 0 aliphatic rings. The fourth-order valence-corrected chi connectivity index (χ4v) is 2.94. The number of hydrogen-bond donors (Lipinski definition) is 1. The third-order valence-electron chi connectivity index (χ3n) is 4.43. The van der Waals surface area contributed by atoms with Gasteiger partial charge in [-0.3, -0.25) is 9.69 Å². The number of nitrogens with zero attached hydrogens (tertiary/aromatic N) is 1. The predicted molar refractivity (Wildman–Crippen MR) is 96.8 cm³/mol. The molecule has 4 nitrogen and oxygen atoms in total. The van der Waals surface area contributed by atoms with Crippen LogP contribution >= 0.6 is 0 Å². The van der Waals surface area contributed by atoms with Gasteiger partial charge >= 0.3 is 0 Å². The fraction of sp³-hybridized carbons (Fsp3) is 0.450. The lowest BCUT2D eigenvalue weighted by Crippen LogP contribution is -2.35. The van der Waals surface area contributed by atoms with Crippen LogP contribution in [0.25, 0.3) is 0 Å². The van der Waals surface area contributed by atoms with Crippen molar-refractivity contribution < 1.29 is 9.21 Å². The van der Waals surface area contributed by atoms with Crippen molar-refractivity contribution in [3.63, 3.8) is 0 Å². The first-order valence-corrected chi connectivity index (χ1v) is 8.50. The molecule has 0 saturated carbocycles. The molecule has 130 valence electrons. The maximum Gasteiger partial charge on any atom is 0.220 e. The minimum absolute atomic E-state index is 0.0400. The van der Waals surface area contributed by atoms with E-state index < -0.39 is 0 Å². The number of hydrogen-bond acceptors (Lipinski definition) is 3. The molecule has 0 aliphatic carbocycles. The molecule has 2 rings (SSSR count). The Labute approximate surface area is 144 Å². The Morgan fingerprint density at radius 1 is 1.12 bits per heavy atom. The van der Waals surface area contributed by atoms with Crippen molar-refractivity contribution in [1.29, 1.82) is 0 Å². The van der Waals surface area contributed by atoms with E-state index in [1.807, 2.05) is 44.4 Å². The van der Waals surface area contributed by atoms with E-state index in [1.54, 1.807) is 6.26 Å². The van der Waals surface area contributed by atoms with Gasteiger partial charge in [0.05, 0.1) is 12.3 Å². The van der Waals surface area contributed by atoms with Crippen LogP contribution in [0.2, 0.25) is 0 Å². The lowest BCUT2D eigenvalue weighted by Gasteiger charge is -2.24. The lowest BCUT2D eigenvalue weighted by atomic mass is 9.85. The zero-order valence-corrected chi connectivity index (χ0v) is 15.0. The monoisotopic (exact) mass is 328 g/mol. The van der Waals surface area contributed by atoms with Gasteiger partial charge in [0.25, 0.3) is 0 Å². The van der Waals surface area contributed by atoms with Crippen molar-refractivity contribution in [2.24, 2.45) is 5.92 Å². The molecule has 2 atom stereocenters. The zero-order chi connectivity index (χ0) is 17.5. The third kappa shape index (κ3) is 4.96. The Balaban J connectivity index is 1.96. The number of benzene rings is 1. The molecule has 4 heteroatoms. The summed E-state index contributed by atoms with van der Waals surface area (Å²) in [5.74, 6) is 1.58. The minimum atomic E-state index is 0.0400. The van der Waals surface area contributed by atoms with Crippen LogP contribution < -0.4 is 5.32 Å². The average Bonchev–Trinajstić information content (AvgIpc) is 3.07. The first-order valence-electron chi connectivity index (χ1n) is 8.50. The van der Waals surface area contributed by atoms with Gasteiger partial charge in [-0.2, -0.15) is 0 Å². The second kappa shape index (κ2) is 8.69. The number of likely N-dealkylation sites (N-methyl/N-ethyl adjacent to an activating group) is 1. The van der Waals surface area contributed by atoms with Gasteiger partial charge in [-0.05, 0) is 43.6 Å². The first kappa shape index (κ1) is 18.3. The molecule has 2 aromatic rings. The molecule has 0 fully saturated rings. The Morgan fingerprint density at radius 2 is 1.83 bits per heavy atom. The van der Waals surface area contributed by atoms with E-state index in [1.165, 1.54) is 5.56 Å². The van der Waals surface area contributed by atoms with Crippen molar-refractivity contribution in [2.75, 3.05) is 20.6 Å². The Kier molecular flexibility index (Phi) is 6.62. The van der Waals surface area contributed by atoms with E-state index in [0.717, 1.165) is 5.76 Å². The van der Waals surface area contributed by atoms with Crippen molar-refractivity contribution in [3.8, 4) is 0 Å². The quantitative estimate of drug-likeness (QED) is 0.801. The number of amides is 1. The number of carbonyl (C=O) groups excluding carboxylic acids is 1. The minimum Gasteiger partial charge on any atom is -0.468 e. The van der Waals surface area contributed by atoms with Crippen LogP contribution in [-0.2, 0) is 4.79 Å². The molecule has 1 heterocycles. The molecule has 1 amide bonds. The van der Waals surface area contributed by atoms with Crippen LogP contribution in [0.1, 0.15) is 43.6 Å². The lowest BCUT2D eigenvalue weighted by molar-refractivity contribution is -0.121.